The van der Waals surface area contributed by atoms with Crippen LogP contribution in [0.1, 0.15) is 36.6 Å². The molecule has 0 atom stereocenters. The Kier molecular flexibility index (Phi) is 4.51. The SMILES string of the molecule is Cc1ccc(C)c(Nc2cc(C)nc(N3CCC(C)CC3)n2)c1. The van der Waals surface area contributed by atoms with Crippen LogP contribution in [0.4, 0.5) is 17.5 Å². The highest BCUT2D eigenvalue weighted by atomic mass is 15.3. The zero-order valence-electron chi connectivity index (χ0n) is 14.6. The average molecular weight is 310 g/mol. The van der Waals surface area contributed by atoms with E-state index in [1.54, 1.807) is 0 Å². The number of nitrogens with one attached hydrogen (secondary N) is 1. The lowest BCUT2D eigenvalue weighted by Crippen LogP contribution is -2.34. The largest absolute Gasteiger partial charge is 0.341 e. The van der Waals surface area contributed by atoms with Crippen LogP contribution >= 0.6 is 0 Å². The first-order chi connectivity index (χ1) is 11.0. The Morgan fingerprint density at radius 3 is 2.52 bits per heavy atom. The third-order valence-electron chi connectivity index (χ3n) is 4.56. The van der Waals surface area contributed by atoms with E-state index < -0.39 is 0 Å². The summed E-state index contributed by atoms with van der Waals surface area (Å²) in [6, 6.07) is 8.44. The molecule has 0 amide bonds. The molecule has 122 valence electrons. The quantitative estimate of drug-likeness (QED) is 0.913. The summed E-state index contributed by atoms with van der Waals surface area (Å²) in [6.07, 6.45) is 2.44. The van der Waals surface area contributed by atoms with E-state index >= 15 is 0 Å². The molecule has 3 rings (SSSR count). The van der Waals surface area contributed by atoms with Crippen LogP contribution in [-0.4, -0.2) is 23.1 Å². The van der Waals surface area contributed by atoms with Crippen molar-refractivity contribution in [2.75, 3.05) is 23.3 Å². The first kappa shape index (κ1) is 15.8. The summed E-state index contributed by atoms with van der Waals surface area (Å²) in [5.74, 6) is 2.54. The second kappa shape index (κ2) is 6.57. The maximum atomic E-state index is 4.75. The molecular formula is C19H26N4. The highest BCUT2D eigenvalue weighted by molar-refractivity contribution is 5.62. The minimum absolute atomic E-state index is 0.809. The number of hydrogen-bond acceptors (Lipinski definition) is 4. The Hall–Kier alpha value is -2.10. The molecule has 4 heteroatoms. The predicted molar refractivity (Wildman–Crippen MR) is 96.6 cm³/mol. The van der Waals surface area contributed by atoms with Crippen molar-refractivity contribution in [1.29, 1.82) is 0 Å². The van der Waals surface area contributed by atoms with Crippen LogP contribution < -0.4 is 10.2 Å². The number of rotatable bonds is 3. The van der Waals surface area contributed by atoms with Gasteiger partial charge in [0.05, 0.1) is 0 Å². The standard InChI is InChI=1S/C19H26N4/c1-13-7-9-23(10-8-13)19-20-16(4)12-18(22-19)21-17-11-14(2)5-6-15(17)3/h5-6,11-13H,7-10H2,1-4H3,(H,20,21,22). The number of hydrogen-bond donors (Lipinski definition) is 1. The number of aryl methyl sites for hydroxylation is 3. The topological polar surface area (TPSA) is 41.1 Å². The predicted octanol–water partition coefficient (Wildman–Crippen LogP) is 4.38. The molecule has 1 N–H and O–H groups in total. The highest BCUT2D eigenvalue weighted by Gasteiger charge is 2.18. The number of piperidine rings is 1. The van der Waals surface area contributed by atoms with Crippen LogP contribution in [-0.2, 0) is 0 Å². The van der Waals surface area contributed by atoms with Crippen molar-refractivity contribution in [2.45, 2.75) is 40.5 Å². The van der Waals surface area contributed by atoms with E-state index in [2.05, 4.69) is 54.2 Å². The molecule has 4 nitrogen and oxygen atoms in total. The van der Waals surface area contributed by atoms with Crippen LogP contribution in [0.2, 0.25) is 0 Å². The number of aromatic nitrogens is 2. The van der Waals surface area contributed by atoms with Gasteiger partial charge in [-0.15, -0.1) is 0 Å². The average Bonchev–Trinajstić information content (AvgIpc) is 2.51. The lowest BCUT2D eigenvalue weighted by molar-refractivity contribution is 0.434. The lowest BCUT2D eigenvalue weighted by atomic mass is 10.00. The van der Waals surface area contributed by atoms with Crippen LogP contribution in [0, 0.1) is 26.7 Å². The molecule has 1 fully saturated rings. The molecule has 1 aliphatic heterocycles. The Labute approximate surface area is 139 Å². The molecule has 2 heterocycles. The fraction of sp³-hybridized carbons (Fsp3) is 0.474. The van der Waals surface area contributed by atoms with Gasteiger partial charge in [0, 0.05) is 30.5 Å². The summed E-state index contributed by atoms with van der Waals surface area (Å²) in [7, 11) is 0. The van der Waals surface area contributed by atoms with E-state index in [1.807, 2.05) is 13.0 Å². The number of nitrogens with zero attached hydrogens (tertiary/aromatic N) is 3. The molecule has 0 radical (unpaired) electrons. The van der Waals surface area contributed by atoms with E-state index in [1.165, 1.54) is 24.0 Å². The van der Waals surface area contributed by atoms with Crippen molar-refractivity contribution in [3.8, 4) is 0 Å². The summed E-state index contributed by atoms with van der Waals surface area (Å²) in [6.45, 7) is 10.7. The number of benzene rings is 1. The summed E-state index contributed by atoms with van der Waals surface area (Å²) >= 11 is 0. The van der Waals surface area contributed by atoms with Crippen LogP contribution in [0.3, 0.4) is 0 Å². The maximum absolute atomic E-state index is 4.75. The normalized spacial score (nSPS) is 15.7. The fourth-order valence-electron chi connectivity index (χ4n) is 2.98. The summed E-state index contributed by atoms with van der Waals surface area (Å²) in [5, 5.41) is 3.46. The number of anilines is 3. The van der Waals surface area contributed by atoms with E-state index in [-0.39, 0.29) is 0 Å². The third-order valence-corrected chi connectivity index (χ3v) is 4.56. The van der Waals surface area contributed by atoms with Gasteiger partial charge >= 0.3 is 0 Å². The molecule has 1 aliphatic rings. The molecule has 2 aromatic rings. The van der Waals surface area contributed by atoms with E-state index in [0.717, 1.165) is 42.2 Å². The second-order valence-electron chi connectivity index (χ2n) is 6.81. The first-order valence-electron chi connectivity index (χ1n) is 8.46. The van der Waals surface area contributed by atoms with Crippen molar-refractivity contribution >= 4 is 17.5 Å². The van der Waals surface area contributed by atoms with Gasteiger partial charge in [0.15, 0.2) is 0 Å². The maximum Gasteiger partial charge on any atom is 0.227 e. The van der Waals surface area contributed by atoms with Gasteiger partial charge in [-0.25, -0.2) is 4.98 Å². The molecule has 0 unspecified atom stereocenters. The van der Waals surface area contributed by atoms with Gasteiger partial charge in [-0.2, -0.15) is 4.98 Å². The fourth-order valence-corrected chi connectivity index (χ4v) is 2.98. The molecular weight excluding hydrogens is 284 g/mol. The van der Waals surface area contributed by atoms with Crippen molar-refractivity contribution in [3.63, 3.8) is 0 Å². The lowest BCUT2D eigenvalue weighted by Gasteiger charge is -2.30. The molecule has 0 bridgehead atoms. The third kappa shape index (κ3) is 3.81. The van der Waals surface area contributed by atoms with Crippen LogP contribution in [0.15, 0.2) is 24.3 Å². The zero-order valence-corrected chi connectivity index (χ0v) is 14.6. The van der Waals surface area contributed by atoms with Crippen molar-refractivity contribution < 1.29 is 0 Å². The van der Waals surface area contributed by atoms with Gasteiger partial charge in [-0.05, 0) is 56.7 Å². The molecule has 0 spiro atoms. The second-order valence-corrected chi connectivity index (χ2v) is 6.81. The van der Waals surface area contributed by atoms with Gasteiger partial charge in [0.2, 0.25) is 5.95 Å². The van der Waals surface area contributed by atoms with Crippen molar-refractivity contribution in [2.24, 2.45) is 5.92 Å². The zero-order chi connectivity index (χ0) is 16.4. The van der Waals surface area contributed by atoms with Crippen LogP contribution in [0.25, 0.3) is 0 Å². The van der Waals surface area contributed by atoms with E-state index in [4.69, 9.17) is 4.98 Å². The summed E-state index contributed by atoms with van der Waals surface area (Å²) in [5.41, 5.74) is 4.58. The van der Waals surface area contributed by atoms with Crippen molar-refractivity contribution in [3.05, 3.63) is 41.1 Å². The molecule has 0 saturated carbocycles. The molecule has 1 saturated heterocycles. The van der Waals surface area contributed by atoms with Crippen molar-refractivity contribution in [1.82, 2.24) is 9.97 Å². The molecule has 0 aliphatic carbocycles. The van der Waals surface area contributed by atoms with Gasteiger partial charge in [0.1, 0.15) is 5.82 Å². The summed E-state index contributed by atoms with van der Waals surface area (Å²) < 4.78 is 0. The molecule has 23 heavy (non-hydrogen) atoms. The Balaban J connectivity index is 1.84. The van der Waals surface area contributed by atoms with Gasteiger partial charge < -0.3 is 10.2 Å². The van der Waals surface area contributed by atoms with E-state index in [0.29, 0.717) is 0 Å². The molecule has 1 aromatic carbocycles. The Bertz CT molecular complexity index is 688. The smallest absolute Gasteiger partial charge is 0.227 e. The first-order valence-corrected chi connectivity index (χ1v) is 8.46. The van der Waals surface area contributed by atoms with E-state index in [9.17, 15) is 0 Å². The minimum Gasteiger partial charge on any atom is -0.341 e. The van der Waals surface area contributed by atoms with Gasteiger partial charge in [-0.3, -0.25) is 0 Å². The van der Waals surface area contributed by atoms with Crippen LogP contribution in [0.5, 0.6) is 0 Å². The summed E-state index contributed by atoms with van der Waals surface area (Å²) in [4.78, 5) is 11.7. The highest BCUT2D eigenvalue weighted by Crippen LogP contribution is 2.24. The minimum atomic E-state index is 0.809. The van der Waals surface area contributed by atoms with Gasteiger partial charge in [-0.1, -0.05) is 19.1 Å². The van der Waals surface area contributed by atoms with Gasteiger partial charge in [0.25, 0.3) is 0 Å². The monoisotopic (exact) mass is 310 g/mol. The Morgan fingerprint density at radius 1 is 1.04 bits per heavy atom. The molecule has 1 aromatic heterocycles. The Morgan fingerprint density at radius 2 is 1.78 bits per heavy atom.